The molecular formula is C18H29ClN2O. The van der Waals surface area contributed by atoms with Crippen LogP contribution in [0.5, 0.6) is 0 Å². The summed E-state index contributed by atoms with van der Waals surface area (Å²) >= 11 is 0. The van der Waals surface area contributed by atoms with Crippen LogP contribution in [0.3, 0.4) is 0 Å². The van der Waals surface area contributed by atoms with Gasteiger partial charge in [0.05, 0.1) is 0 Å². The molecule has 1 unspecified atom stereocenters. The van der Waals surface area contributed by atoms with Gasteiger partial charge in [-0.2, -0.15) is 0 Å². The molecule has 3 N–H and O–H groups in total. The molecule has 1 aliphatic rings. The van der Waals surface area contributed by atoms with Gasteiger partial charge in [-0.25, -0.2) is 0 Å². The first-order chi connectivity index (χ1) is 9.86. The maximum absolute atomic E-state index is 12.5. The van der Waals surface area contributed by atoms with E-state index >= 15 is 0 Å². The summed E-state index contributed by atoms with van der Waals surface area (Å²) in [5.74, 6) is 0.587. The lowest BCUT2D eigenvalue weighted by molar-refractivity contribution is -0.127. The quantitative estimate of drug-likeness (QED) is 0.839. The van der Waals surface area contributed by atoms with Crippen LogP contribution in [0.15, 0.2) is 30.3 Å². The molecule has 0 saturated heterocycles. The summed E-state index contributed by atoms with van der Waals surface area (Å²) in [5, 5.41) is 3.11. The lowest BCUT2D eigenvalue weighted by Crippen LogP contribution is -2.52. The van der Waals surface area contributed by atoms with Crippen LogP contribution >= 0.6 is 12.4 Å². The van der Waals surface area contributed by atoms with Crippen LogP contribution < -0.4 is 11.1 Å². The van der Waals surface area contributed by atoms with Crippen LogP contribution in [0.25, 0.3) is 0 Å². The van der Waals surface area contributed by atoms with Gasteiger partial charge in [-0.1, -0.05) is 50.6 Å². The molecule has 1 aromatic carbocycles. The fourth-order valence-corrected chi connectivity index (χ4v) is 3.36. The van der Waals surface area contributed by atoms with Crippen molar-refractivity contribution in [2.75, 3.05) is 6.54 Å². The fraction of sp³-hybridized carbons (Fsp3) is 0.611. The molecule has 0 spiro atoms. The number of hydrogen-bond donors (Lipinski definition) is 2. The Morgan fingerprint density at radius 2 is 1.91 bits per heavy atom. The lowest BCUT2D eigenvalue weighted by Gasteiger charge is -2.44. The van der Waals surface area contributed by atoms with Gasteiger partial charge in [0.15, 0.2) is 0 Å². The molecule has 1 aromatic rings. The van der Waals surface area contributed by atoms with Crippen molar-refractivity contribution in [3.8, 4) is 0 Å². The van der Waals surface area contributed by atoms with Gasteiger partial charge in [0.25, 0.3) is 0 Å². The second-order valence-electron chi connectivity index (χ2n) is 7.20. The standard InChI is InChI=1S/C18H28N2O.ClH/c1-14(2)12-18(10-7-11-18)13-20-16(21)17(3,19)15-8-5-4-6-9-15;/h4-6,8-9,14H,7,10-13,19H2,1-3H3,(H,20,21);1H. The van der Waals surface area contributed by atoms with E-state index in [9.17, 15) is 4.79 Å². The molecule has 1 atom stereocenters. The van der Waals surface area contributed by atoms with Crippen molar-refractivity contribution in [1.29, 1.82) is 0 Å². The van der Waals surface area contributed by atoms with Gasteiger partial charge in [0.2, 0.25) is 5.91 Å². The Balaban J connectivity index is 0.00000242. The van der Waals surface area contributed by atoms with Crippen LogP contribution in [0.1, 0.15) is 52.0 Å². The van der Waals surface area contributed by atoms with Gasteiger partial charge >= 0.3 is 0 Å². The Morgan fingerprint density at radius 1 is 1.32 bits per heavy atom. The highest BCUT2D eigenvalue weighted by atomic mass is 35.5. The summed E-state index contributed by atoms with van der Waals surface area (Å²) in [7, 11) is 0. The first-order valence-corrected chi connectivity index (χ1v) is 7.98. The highest BCUT2D eigenvalue weighted by Crippen LogP contribution is 2.45. The number of amides is 1. The maximum Gasteiger partial charge on any atom is 0.244 e. The molecule has 0 heterocycles. The van der Waals surface area contributed by atoms with Crippen molar-refractivity contribution >= 4 is 18.3 Å². The second kappa shape index (κ2) is 7.47. The zero-order valence-electron chi connectivity index (χ0n) is 13.9. The Kier molecular flexibility index (Phi) is 6.45. The molecule has 0 radical (unpaired) electrons. The van der Waals surface area contributed by atoms with Gasteiger partial charge in [-0.3, -0.25) is 4.79 Å². The van der Waals surface area contributed by atoms with Crippen molar-refractivity contribution < 1.29 is 4.79 Å². The number of nitrogens with two attached hydrogens (primary N) is 1. The molecular weight excluding hydrogens is 296 g/mol. The third-order valence-electron chi connectivity index (χ3n) is 4.72. The molecule has 22 heavy (non-hydrogen) atoms. The fourth-order valence-electron chi connectivity index (χ4n) is 3.36. The Bertz CT molecular complexity index is 481. The number of halogens is 1. The normalized spacial score (nSPS) is 18.8. The van der Waals surface area contributed by atoms with E-state index in [1.807, 2.05) is 30.3 Å². The molecule has 124 valence electrons. The zero-order chi connectivity index (χ0) is 15.5. The summed E-state index contributed by atoms with van der Waals surface area (Å²) in [6.45, 7) is 7.04. The minimum atomic E-state index is -0.968. The summed E-state index contributed by atoms with van der Waals surface area (Å²) in [5.41, 5.74) is 6.45. The van der Waals surface area contributed by atoms with E-state index in [2.05, 4.69) is 19.2 Å². The third kappa shape index (κ3) is 4.23. The van der Waals surface area contributed by atoms with Gasteiger partial charge in [-0.05, 0) is 43.1 Å². The van der Waals surface area contributed by atoms with E-state index in [0.717, 1.165) is 12.1 Å². The molecule has 3 nitrogen and oxygen atoms in total. The highest BCUT2D eigenvalue weighted by Gasteiger charge is 2.39. The van der Waals surface area contributed by atoms with Crippen molar-refractivity contribution in [2.24, 2.45) is 17.1 Å². The third-order valence-corrected chi connectivity index (χ3v) is 4.72. The van der Waals surface area contributed by atoms with Gasteiger partial charge in [-0.15, -0.1) is 12.4 Å². The molecule has 1 fully saturated rings. The topological polar surface area (TPSA) is 55.1 Å². The predicted molar refractivity (Wildman–Crippen MR) is 94.0 cm³/mol. The van der Waals surface area contributed by atoms with Gasteiger partial charge < -0.3 is 11.1 Å². The molecule has 0 aliphatic heterocycles. The summed E-state index contributed by atoms with van der Waals surface area (Å²) < 4.78 is 0. The van der Waals surface area contributed by atoms with Crippen LogP contribution in [0, 0.1) is 11.3 Å². The van der Waals surface area contributed by atoms with E-state index < -0.39 is 5.54 Å². The molecule has 1 aliphatic carbocycles. The first-order valence-electron chi connectivity index (χ1n) is 7.98. The molecule has 4 heteroatoms. The number of nitrogens with one attached hydrogen (secondary N) is 1. The van der Waals surface area contributed by atoms with Crippen molar-refractivity contribution in [2.45, 2.75) is 52.0 Å². The van der Waals surface area contributed by atoms with Crippen molar-refractivity contribution in [3.63, 3.8) is 0 Å². The smallest absolute Gasteiger partial charge is 0.244 e. The van der Waals surface area contributed by atoms with Crippen molar-refractivity contribution in [1.82, 2.24) is 5.32 Å². The highest BCUT2D eigenvalue weighted by molar-refractivity contribution is 5.87. The number of carbonyl (C=O) groups is 1. The largest absolute Gasteiger partial charge is 0.354 e. The van der Waals surface area contributed by atoms with Crippen LogP contribution in [-0.4, -0.2) is 12.5 Å². The number of benzene rings is 1. The molecule has 2 rings (SSSR count). The average Bonchev–Trinajstić information content (AvgIpc) is 2.41. The monoisotopic (exact) mass is 324 g/mol. The van der Waals surface area contributed by atoms with Crippen LogP contribution in [-0.2, 0) is 10.3 Å². The van der Waals surface area contributed by atoms with E-state index in [0.29, 0.717) is 11.3 Å². The molecule has 1 amide bonds. The molecule has 1 saturated carbocycles. The van der Waals surface area contributed by atoms with Gasteiger partial charge in [0, 0.05) is 6.54 Å². The van der Waals surface area contributed by atoms with Crippen LogP contribution in [0.2, 0.25) is 0 Å². The minimum absolute atomic E-state index is 0. The van der Waals surface area contributed by atoms with E-state index in [1.54, 1.807) is 6.92 Å². The Labute approximate surface area is 140 Å². The van der Waals surface area contributed by atoms with E-state index in [4.69, 9.17) is 5.73 Å². The number of rotatable bonds is 6. The zero-order valence-corrected chi connectivity index (χ0v) is 14.7. The second-order valence-corrected chi connectivity index (χ2v) is 7.20. The maximum atomic E-state index is 12.5. The van der Waals surface area contributed by atoms with Crippen molar-refractivity contribution in [3.05, 3.63) is 35.9 Å². The lowest BCUT2D eigenvalue weighted by atomic mass is 9.64. The Morgan fingerprint density at radius 3 is 2.36 bits per heavy atom. The van der Waals surface area contributed by atoms with Crippen LogP contribution in [0.4, 0.5) is 0 Å². The minimum Gasteiger partial charge on any atom is -0.354 e. The van der Waals surface area contributed by atoms with E-state index in [-0.39, 0.29) is 18.3 Å². The number of hydrogen-bond acceptors (Lipinski definition) is 2. The summed E-state index contributed by atoms with van der Waals surface area (Å²) in [4.78, 5) is 12.5. The summed E-state index contributed by atoms with van der Waals surface area (Å²) in [6, 6.07) is 9.59. The summed E-state index contributed by atoms with van der Waals surface area (Å²) in [6.07, 6.45) is 4.90. The SMILES string of the molecule is CC(C)CC1(CNC(=O)C(C)(N)c2ccccc2)CCC1.Cl. The average molecular weight is 325 g/mol. The predicted octanol–water partition coefficient (Wildman–Crippen LogP) is 3.61. The molecule has 0 aromatic heterocycles. The first kappa shape index (κ1) is 19.0. The van der Waals surface area contributed by atoms with E-state index in [1.165, 1.54) is 25.7 Å². The Hall–Kier alpha value is -1.06. The molecule has 0 bridgehead atoms. The number of carbonyl (C=O) groups excluding carboxylic acids is 1. The van der Waals surface area contributed by atoms with Gasteiger partial charge in [0.1, 0.15) is 5.54 Å².